The summed E-state index contributed by atoms with van der Waals surface area (Å²) in [4.78, 5) is 31.8. The van der Waals surface area contributed by atoms with Crippen molar-refractivity contribution in [1.29, 1.82) is 0 Å². The van der Waals surface area contributed by atoms with E-state index in [0.717, 1.165) is 18.2 Å². The molecule has 0 unspecified atom stereocenters. The number of hydrogen-bond acceptors (Lipinski definition) is 4. The molecule has 2 heterocycles. The molecule has 1 aromatic heterocycles. The monoisotopic (exact) mass is 377 g/mol. The molecule has 1 aliphatic heterocycles. The van der Waals surface area contributed by atoms with Crippen LogP contribution in [0.15, 0.2) is 22.6 Å². The first kappa shape index (κ1) is 19.0. The molecule has 2 amide bonds. The van der Waals surface area contributed by atoms with Crippen LogP contribution >= 0.6 is 0 Å². The van der Waals surface area contributed by atoms with E-state index in [9.17, 15) is 18.4 Å². The van der Waals surface area contributed by atoms with Crippen molar-refractivity contribution in [2.45, 2.75) is 25.7 Å². The van der Waals surface area contributed by atoms with Gasteiger partial charge in [0.05, 0.1) is 5.56 Å². The molecule has 1 aromatic carbocycles. The van der Waals surface area contributed by atoms with Crippen LogP contribution in [0.5, 0.6) is 0 Å². The lowest BCUT2D eigenvalue weighted by Crippen LogP contribution is -2.38. The summed E-state index contributed by atoms with van der Waals surface area (Å²) in [6.45, 7) is 2.44. The predicted octanol–water partition coefficient (Wildman–Crippen LogP) is 2.98. The third-order valence-electron chi connectivity index (χ3n) is 4.71. The number of halogens is 2. The highest BCUT2D eigenvalue weighted by atomic mass is 19.1. The van der Waals surface area contributed by atoms with Gasteiger partial charge >= 0.3 is 0 Å². The molecule has 0 N–H and O–H groups in total. The fraction of sp³-hybridized carbons (Fsp3) is 0.421. The lowest BCUT2D eigenvalue weighted by molar-refractivity contribution is 0.0700. The number of piperidine rings is 1. The number of nitrogens with zero attached hydrogens (tertiary/aromatic N) is 3. The second-order valence-corrected chi connectivity index (χ2v) is 6.85. The van der Waals surface area contributed by atoms with Gasteiger partial charge in [-0.2, -0.15) is 0 Å². The lowest BCUT2D eigenvalue weighted by Gasteiger charge is -2.30. The van der Waals surface area contributed by atoms with Gasteiger partial charge in [0.15, 0.2) is 11.6 Å². The second kappa shape index (κ2) is 7.46. The predicted molar refractivity (Wildman–Crippen MR) is 93.5 cm³/mol. The van der Waals surface area contributed by atoms with Crippen LogP contribution in [-0.2, 0) is 0 Å². The number of carbonyl (C=O) groups excluding carboxylic acids is 2. The van der Waals surface area contributed by atoms with Crippen LogP contribution < -0.4 is 0 Å². The molecule has 0 atom stereocenters. The first-order chi connectivity index (χ1) is 12.8. The number of carbonyl (C=O) groups is 2. The molecule has 3 rings (SSSR count). The van der Waals surface area contributed by atoms with E-state index in [0.29, 0.717) is 37.6 Å². The molecule has 6 nitrogen and oxygen atoms in total. The number of rotatable bonds is 3. The van der Waals surface area contributed by atoms with Crippen LogP contribution in [0, 0.1) is 18.6 Å². The topological polar surface area (TPSA) is 66.7 Å². The van der Waals surface area contributed by atoms with Crippen molar-refractivity contribution in [1.82, 2.24) is 14.8 Å². The van der Waals surface area contributed by atoms with E-state index in [2.05, 4.69) is 4.98 Å². The highest BCUT2D eigenvalue weighted by Crippen LogP contribution is 2.30. The molecule has 8 heteroatoms. The first-order valence-corrected chi connectivity index (χ1v) is 8.71. The quantitative estimate of drug-likeness (QED) is 0.825. The van der Waals surface area contributed by atoms with Gasteiger partial charge in [0.25, 0.3) is 11.8 Å². The molecule has 27 heavy (non-hydrogen) atoms. The minimum atomic E-state index is -0.737. The van der Waals surface area contributed by atoms with Crippen molar-refractivity contribution in [3.05, 3.63) is 52.7 Å². The van der Waals surface area contributed by atoms with Crippen LogP contribution in [-0.4, -0.2) is 53.8 Å². The fourth-order valence-electron chi connectivity index (χ4n) is 3.16. The van der Waals surface area contributed by atoms with Gasteiger partial charge in [-0.05, 0) is 38.0 Å². The number of aromatic nitrogens is 1. The maximum atomic E-state index is 13.8. The maximum Gasteiger partial charge on any atom is 0.275 e. The van der Waals surface area contributed by atoms with Crippen LogP contribution in [0.25, 0.3) is 0 Å². The Bertz CT molecular complexity index is 871. The molecule has 1 saturated heterocycles. The molecule has 0 saturated carbocycles. The Morgan fingerprint density at radius 3 is 2.52 bits per heavy atom. The van der Waals surface area contributed by atoms with Gasteiger partial charge in [-0.15, -0.1) is 0 Å². The van der Waals surface area contributed by atoms with Gasteiger partial charge < -0.3 is 14.2 Å². The lowest BCUT2D eigenvalue weighted by atomic mass is 9.96. The van der Waals surface area contributed by atoms with Crippen molar-refractivity contribution in [3.63, 3.8) is 0 Å². The molecule has 1 fully saturated rings. The number of hydrogen-bond donors (Lipinski definition) is 0. The largest absolute Gasteiger partial charge is 0.445 e. The Kier molecular flexibility index (Phi) is 5.25. The third-order valence-corrected chi connectivity index (χ3v) is 4.71. The molecule has 2 aromatic rings. The summed E-state index contributed by atoms with van der Waals surface area (Å²) in [5, 5.41) is 0. The van der Waals surface area contributed by atoms with E-state index in [-0.39, 0.29) is 23.1 Å². The Hall–Kier alpha value is -2.77. The van der Waals surface area contributed by atoms with Crippen molar-refractivity contribution in [2.75, 3.05) is 27.2 Å². The number of aryl methyl sites for hydroxylation is 1. The Labute approximate surface area is 155 Å². The van der Waals surface area contributed by atoms with Crippen molar-refractivity contribution < 1.29 is 22.8 Å². The van der Waals surface area contributed by atoms with Gasteiger partial charge in [-0.3, -0.25) is 9.59 Å². The van der Waals surface area contributed by atoms with E-state index < -0.39 is 17.5 Å². The van der Waals surface area contributed by atoms with Crippen molar-refractivity contribution >= 4 is 11.8 Å². The smallest absolute Gasteiger partial charge is 0.275 e. The average Bonchev–Trinajstić information content (AvgIpc) is 3.04. The molecule has 0 bridgehead atoms. The third kappa shape index (κ3) is 3.84. The van der Waals surface area contributed by atoms with E-state index >= 15 is 0 Å². The molecule has 1 aliphatic rings. The maximum absolute atomic E-state index is 13.8. The number of oxazole rings is 1. The first-order valence-electron chi connectivity index (χ1n) is 8.71. The number of amides is 2. The van der Waals surface area contributed by atoms with Gasteiger partial charge in [0, 0.05) is 33.1 Å². The molecular formula is C19H21F2N3O3. The standard InChI is InChI=1S/C19H21F2N3O3/c1-11-16(19(26)23(2)3)22-17(27-11)12-6-8-24(9-7-12)18(25)14-10-13(20)4-5-15(14)21/h4-5,10,12H,6-9H2,1-3H3. The summed E-state index contributed by atoms with van der Waals surface area (Å²) in [6.07, 6.45) is 1.14. The Morgan fingerprint density at radius 1 is 1.22 bits per heavy atom. The van der Waals surface area contributed by atoms with Gasteiger partial charge in [0.1, 0.15) is 17.4 Å². The van der Waals surface area contributed by atoms with Gasteiger partial charge in [-0.1, -0.05) is 0 Å². The molecule has 0 aliphatic carbocycles. The summed E-state index contributed by atoms with van der Waals surface area (Å²) in [5.74, 6) is -1.24. The zero-order valence-electron chi connectivity index (χ0n) is 15.5. The molecule has 0 spiro atoms. The van der Waals surface area contributed by atoms with E-state index in [1.54, 1.807) is 21.0 Å². The van der Waals surface area contributed by atoms with E-state index in [1.807, 2.05) is 0 Å². The highest BCUT2D eigenvalue weighted by Gasteiger charge is 2.30. The SMILES string of the molecule is Cc1oc(C2CCN(C(=O)c3cc(F)ccc3F)CC2)nc1C(=O)N(C)C. The molecule has 0 radical (unpaired) electrons. The van der Waals surface area contributed by atoms with E-state index in [1.165, 1.54) is 9.80 Å². The number of benzene rings is 1. The minimum Gasteiger partial charge on any atom is -0.445 e. The van der Waals surface area contributed by atoms with Gasteiger partial charge in [0.2, 0.25) is 0 Å². The summed E-state index contributed by atoms with van der Waals surface area (Å²) in [7, 11) is 3.29. The van der Waals surface area contributed by atoms with Crippen LogP contribution in [0.4, 0.5) is 8.78 Å². The van der Waals surface area contributed by atoms with Crippen LogP contribution in [0.3, 0.4) is 0 Å². The Morgan fingerprint density at radius 2 is 1.89 bits per heavy atom. The van der Waals surface area contributed by atoms with Crippen molar-refractivity contribution in [3.8, 4) is 0 Å². The summed E-state index contributed by atoms with van der Waals surface area (Å²) >= 11 is 0. The summed E-state index contributed by atoms with van der Waals surface area (Å²) in [6, 6.07) is 2.85. The molecule has 144 valence electrons. The second-order valence-electron chi connectivity index (χ2n) is 6.85. The van der Waals surface area contributed by atoms with Crippen LogP contribution in [0.1, 0.15) is 51.3 Å². The fourth-order valence-corrected chi connectivity index (χ4v) is 3.16. The zero-order valence-corrected chi connectivity index (χ0v) is 15.5. The minimum absolute atomic E-state index is 0.0335. The highest BCUT2D eigenvalue weighted by molar-refractivity contribution is 5.94. The summed E-state index contributed by atoms with van der Waals surface area (Å²) in [5.41, 5.74) is 0.0228. The summed E-state index contributed by atoms with van der Waals surface area (Å²) < 4.78 is 32.8. The average molecular weight is 377 g/mol. The van der Waals surface area contributed by atoms with Gasteiger partial charge in [-0.25, -0.2) is 13.8 Å². The normalized spacial score (nSPS) is 15.1. The van der Waals surface area contributed by atoms with Crippen LogP contribution in [0.2, 0.25) is 0 Å². The Balaban J connectivity index is 1.69. The molecular weight excluding hydrogens is 356 g/mol. The zero-order chi connectivity index (χ0) is 19.7. The van der Waals surface area contributed by atoms with Crippen molar-refractivity contribution in [2.24, 2.45) is 0 Å². The number of likely N-dealkylation sites (tertiary alicyclic amines) is 1. The van der Waals surface area contributed by atoms with E-state index in [4.69, 9.17) is 4.42 Å².